The number of hydrogen-bond acceptors (Lipinski definition) is 3. The molecule has 0 radical (unpaired) electrons. The van der Waals surface area contributed by atoms with E-state index in [0.29, 0.717) is 11.3 Å². The Kier molecular flexibility index (Phi) is 3.10. The number of H-pyrrole nitrogens is 1. The second kappa shape index (κ2) is 4.55. The topological polar surface area (TPSA) is 55.0 Å². The first-order chi connectivity index (χ1) is 8.11. The van der Waals surface area contributed by atoms with Crippen LogP contribution in [0.1, 0.15) is 10.5 Å². The second-order valence-corrected chi connectivity index (χ2v) is 3.69. The van der Waals surface area contributed by atoms with E-state index in [1.807, 2.05) is 0 Å². The molecule has 88 valence electrons. The summed E-state index contributed by atoms with van der Waals surface area (Å²) in [5.74, 6) is -1.02. The molecule has 2 rings (SSSR count). The number of hydrogen-bond donors (Lipinski definition) is 1. The molecule has 1 aromatic heterocycles. The number of methoxy groups -OCH3 is 1. The van der Waals surface area contributed by atoms with Gasteiger partial charge in [0.25, 0.3) is 0 Å². The number of aromatic amines is 1. The van der Waals surface area contributed by atoms with Crippen molar-refractivity contribution in [1.82, 2.24) is 10.2 Å². The van der Waals surface area contributed by atoms with Crippen LogP contribution in [-0.4, -0.2) is 23.3 Å². The summed E-state index contributed by atoms with van der Waals surface area (Å²) in [4.78, 5) is 11.2. The van der Waals surface area contributed by atoms with Crippen LogP contribution in [0.25, 0.3) is 11.3 Å². The number of ether oxygens (including phenoxy) is 1. The zero-order valence-electron chi connectivity index (χ0n) is 8.83. The van der Waals surface area contributed by atoms with E-state index in [-0.39, 0.29) is 10.7 Å². The molecule has 0 fully saturated rings. The highest BCUT2D eigenvalue weighted by atomic mass is 35.5. The Bertz CT molecular complexity index is 568. The lowest BCUT2D eigenvalue weighted by molar-refractivity contribution is 0.0594. The van der Waals surface area contributed by atoms with Gasteiger partial charge in [-0.3, -0.25) is 5.10 Å². The van der Waals surface area contributed by atoms with Crippen LogP contribution >= 0.6 is 11.6 Å². The third-order valence-corrected chi connectivity index (χ3v) is 2.49. The molecule has 6 heteroatoms. The van der Waals surface area contributed by atoms with Crippen LogP contribution in [0.4, 0.5) is 4.39 Å². The molecule has 0 aliphatic heterocycles. The van der Waals surface area contributed by atoms with Gasteiger partial charge < -0.3 is 4.74 Å². The van der Waals surface area contributed by atoms with Gasteiger partial charge in [0.15, 0.2) is 0 Å². The van der Waals surface area contributed by atoms with Gasteiger partial charge in [-0.15, -0.1) is 0 Å². The molecule has 0 bridgehead atoms. The summed E-state index contributed by atoms with van der Waals surface area (Å²) >= 11 is 5.66. The fourth-order valence-electron chi connectivity index (χ4n) is 1.34. The van der Waals surface area contributed by atoms with Gasteiger partial charge in [0.05, 0.1) is 17.8 Å². The number of rotatable bonds is 2. The third kappa shape index (κ3) is 2.29. The molecule has 1 aromatic carbocycles. The molecule has 0 unspecified atom stereocenters. The van der Waals surface area contributed by atoms with E-state index in [0.717, 1.165) is 0 Å². The van der Waals surface area contributed by atoms with Crippen LogP contribution in [0.3, 0.4) is 0 Å². The van der Waals surface area contributed by atoms with Crippen molar-refractivity contribution in [2.45, 2.75) is 0 Å². The minimum atomic E-state index is -0.517. The molecule has 17 heavy (non-hydrogen) atoms. The van der Waals surface area contributed by atoms with Gasteiger partial charge in [-0.1, -0.05) is 11.6 Å². The minimum Gasteiger partial charge on any atom is -0.464 e. The number of nitrogens with zero attached hydrogens (tertiary/aromatic N) is 1. The molecule has 4 nitrogen and oxygen atoms in total. The van der Waals surface area contributed by atoms with Crippen molar-refractivity contribution in [3.05, 3.63) is 40.8 Å². The van der Waals surface area contributed by atoms with Crippen molar-refractivity contribution in [1.29, 1.82) is 0 Å². The fourth-order valence-corrected chi connectivity index (χ4v) is 1.52. The normalized spacial score (nSPS) is 10.3. The molecule has 0 aliphatic rings. The van der Waals surface area contributed by atoms with Gasteiger partial charge in [-0.2, -0.15) is 5.10 Å². The Morgan fingerprint density at radius 2 is 2.24 bits per heavy atom. The SMILES string of the molecule is COC(=O)c1cc(-c2ccc(F)c(Cl)c2)n[nH]1. The largest absolute Gasteiger partial charge is 0.464 e. The Labute approximate surface area is 101 Å². The van der Waals surface area contributed by atoms with E-state index in [9.17, 15) is 9.18 Å². The highest BCUT2D eigenvalue weighted by Crippen LogP contribution is 2.23. The summed E-state index contributed by atoms with van der Waals surface area (Å²) in [6.07, 6.45) is 0. The number of aromatic nitrogens is 2. The van der Waals surface area contributed by atoms with Gasteiger partial charge in [-0.25, -0.2) is 9.18 Å². The number of carbonyl (C=O) groups is 1. The molecule has 2 aromatic rings. The molecule has 0 aliphatic carbocycles. The van der Waals surface area contributed by atoms with Crippen molar-refractivity contribution in [3.63, 3.8) is 0 Å². The summed E-state index contributed by atoms with van der Waals surface area (Å²) in [5, 5.41) is 6.45. The maximum atomic E-state index is 13.0. The Hall–Kier alpha value is -1.88. The van der Waals surface area contributed by atoms with Crippen molar-refractivity contribution in [2.24, 2.45) is 0 Å². The van der Waals surface area contributed by atoms with Gasteiger partial charge >= 0.3 is 5.97 Å². The van der Waals surface area contributed by atoms with Crippen LogP contribution in [0.5, 0.6) is 0 Å². The van der Waals surface area contributed by atoms with E-state index in [2.05, 4.69) is 14.9 Å². The van der Waals surface area contributed by atoms with Gasteiger partial charge in [-0.05, 0) is 24.3 Å². The highest BCUT2D eigenvalue weighted by molar-refractivity contribution is 6.31. The molecular weight excluding hydrogens is 247 g/mol. The molecule has 1 N–H and O–H groups in total. The molecule has 0 saturated heterocycles. The number of benzene rings is 1. The monoisotopic (exact) mass is 254 g/mol. The number of nitrogens with one attached hydrogen (secondary N) is 1. The maximum Gasteiger partial charge on any atom is 0.356 e. The van der Waals surface area contributed by atoms with E-state index >= 15 is 0 Å². The predicted molar refractivity (Wildman–Crippen MR) is 60.3 cm³/mol. The number of carbonyl (C=O) groups excluding carboxylic acids is 1. The van der Waals surface area contributed by atoms with Crippen LogP contribution < -0.4 is 0 Å². The number of esters is 1. The predicted octanol–water partition coefficient (Wildman–Crippen LogP) is 2.66. The van der Waals surface area contributed by atoms with Gasteiger partial charge in [0.2, 0.25) is 0 Å². The standard InChI is InChI=1S/C11H8ClFN2O2/c1-17-11(16)10-5-9(14-15-10)6-2-3-8(13)7(12)4-6/h2-5H,1H3,(H,14,15). The Balaban J connectivity index is 2.37. The van der Waals surface area contributed by atoms with Crippen LogP contribution in [-0.2, 0) is 4.74 Å². The second-order valence-electron chi connectivity index (χ2n) is 3.29. The Morgan fingerprint density at radius 3 is 2.88 bits per heavy atom. The van der Waals surface area contributed by atoms with E-state index in [1.165, 1.54) is 31.4 Å². The van der Waals surface area contributed by atoms with E-state index in [4.69, 9.17) is 11.6 Å². The average molecular weight is 255 g/mol. The first kappa shape index (κ1) is 11.6. The Morgan fingerprint density at radius 1 is 1.47 bits per heavy atom. The van der Waals surface area contributed by atoms with Crippen LogP contribution in [0.15, 0.2) is 24.3 Å². The zero-order valence-corrected chi connectivity index (χ0v) is 9.58. The lowest BCUT2D eigenvalue weighted by Crippen LogP contribution is -2.00. The van der Waals surface area contributed by atoms with Crippen molar-refractivity contribution < 1.29 is 13.9 Å². The molecule has 1 heterocycles. The lowest BCUT2D eigenvalue weighted by Gasteiger charge is -1.97. The van der Waals surface area contributed by atoms with Crippen molar-refractivity contribution in [2.75, 3.05) is 7.11 Å². The zero-order chi connectivity index (χ0) is 12.4. The highest BCUT2D eigenvalue weighted by Gasteiger charge is 2.11. The van der Waals surface area contributed by atoms with Gasteiger partial charge in [0.1, 0.15) is 11.5 Å². The fraction of sp³-hybridized carbons (Fsp3) is 0.0909. The third-order valence-electron chi connectivity index (χ3n) is 2.20. The smallest absolute Gasteiger partial charge is 0.356 e. The minimum absolute atomic E-state index is 0.00474. The van der Waals surface area contributed by atoms with E-state index in [1.54, 1.807) is 0 Å². The summed E-state index contributed by atoms with van der Waals surface area (Å²) in [5.41, 5.74) is 1.33. The molecule has 0 saturated carbocycles. The first-order valence-electron chi connectivity index (χ1n) is 4.71. The summed E-state index contributed by atoms with van der Waals surface area (Å²) in [6, 6.07) is 5.71. The van der Waals surface area contributed by atoms with Gasteiger partial charge in [0, 0.05) is 5.56 Å². The van der Waals surface area contributed by atoms with Crippen LogP contribution in [0, 0.1) is 5.82 Å². The summed E-state index contributed by atoms with van der Waals surface area (Å²) in [7, 11) is 1.28. The molecular formula is C11H8ClFN2O2. The van der Waals surface area contributed by atoms with Crippen molar-refractivity contribution in [3.8, 4) is 11.3 Å². The maximum absolute atomic E-state index is 13.0. The van der Waals surface area contributed by atoms with Crippen molar-refractivity contribution >= 4 is 17.6 Å². The molecule has 0 amide bonds. The molecule has 0 atom stereocenters. The summed E-state index contributed by atoms with van der Waals surface area (Å²) < 4.78 is 17.5. The number of halogens is 2. The van der Waals surface area contributed by atoms with Crippen LogP contribution in [0.2, 0.25) is 5.02 Å². The summed E-state index contributed by atoms with van der Waals surface area (Å²) in [6.45, 7) is 0. The quantitative estimate of drug-likeness (QED) is 0.839. The van der Waals surface area contributed by atoms with E-state index < -0.39 is 11.8 Å². The lowest BCUT2D eigenvalue weighted by atomic mass is 10.1. The molecule has 0 spiro atoms. The average Bonchev–Trinajstić information content (AvgIpc) is 2.81. The first-order valence-corrected chi connectivity index (χ1v) is 5.09.